The van der Waals surface area contributed by atoms with Gasteiger partial charge >= 0.3 is 0 Å². The van der Waals surface area contributed by atoms with E-state index in [-0.39, 0.29) is 18.9 Å². The molecule has 0 aromatic heterocycles. The molecule has 2 aromatic carbocycles. The van der Waals surface area contributed by atoms with Crippen molar-refractivity contribution in [3.05, 3.63) is 64.7 Å². The number of hydrogen-bond donors (Lipinski definition) is 3. The van der Waals surface area contributed by atoms with Crippen LogP contribution in [0.5, 0.6) is 0 Å². The van der Waals surface area contributed by atoms with Gasteiger partial charge in [0.25, 0.3) is 5.91 Å². The number of benzene rings is 2. The van der Waals surface area contributed by atoms with Crippen LogP contribution < -0.4 is 10.6 Å². The Hall–Kier alpha value is -2.37. The molecule has 2 aromatic rings. The molecule has 0 saturated heterocycles. The highest BCUT2D eigenvalue weighted by Crippen LogP contribution is 2.22. The first kappa shape index (κ1) is 18.0. The Balaban J connectivity index is 1.79. The molecule has 0 bridgehead atoms. The summed E-state index contributed by atoms with van der Waals surface area (Å²) in [5.74, 6) is -0.808. The van der Waals surface area contributed by atoms with Crippen LogP contribution in [-0.2, 0) is 9.59 Å². The van der Waals surface area contributed by atoms with Gasteiger partial charge in [-0.3, -0.25) is 9.59 Å². The maximum absolute atomic E-state index is 11.9. The van der Waals surface area contributed by atoms with Crippen LogP contribution in [0.2, 0.25) is 5.02 Å². The number of aliphatic hydroxyl groups is 1. The second-order valence-electron chi connectivity index (χ2n) is 5.39. The van der Waals surface area contributed by atoms with Crippen LogP contribution in [0.4, 0.5) is 5.69 Å². The van der Waals surface area contributed by atoms with E-state index in [0.29, 0.717) is 16.3 Å². The number of hydrogen-bond acceptors (Lipinski definition) is 3. The fourth-order valence-corrected chi connectivity index (χ4v) is 2.40. The standard InChI is InChI=1S/C18H19ClN2O3/c1-12-7-8-15(14(19)11-12)21-16(22)9-10-20-18(24)17(23)13-5-3-2-4-6-13/h2-8,11,17,23H,9-10H2,1H3,(H,20,24)(H,21,22). The first-order valence-electron chi connectivity index (χ1n) is 7.54. The molecule has 24 heavy (non-hydrogen) atoms. The van der Waals surface area contributed by atoms with Gasteiger partial charge in [-0.1, -0.05) is 48.0 Å². The van der Waals surface area contributed by atoms with Gasteiger partial charge in [0.1, 0.15) is 0 Å². The van der Waals surface area contributed by atoms with Crippen molar-refractivity contribution in [3.8, 4) is 0 Å². The Labute approximate surface area is 145 Å². The van der Waals surface area contributed by atoms with Crippen LogP contribution in [-0.4, -0.2) is 23.5 Å². The molecule has 1 unspecified atom stereocenters. The number of carbonyl (C=O) groups excluding carboxylic acids is 2. The lowest BCUT2D eigenvalue weighted by atomic mass is 10.1. The normalized spacial score (nSPS) is 11.6. The lowest BCUT2D eigenvalue weighted by molar-refractivity contribution is -0.129. The van der Waals surface area contributed by atoms with Crippen molar-refractivity contribution in [2.45, 2.75) is 19.4 Å². The van der Waals surface area contributed by atoms with E-state index < -0.39 is 12.0 Å². The summed E-state index contributed by atoms with van der Waals surface area (Å²) < 4.78 is 0. The molecule has 0 saturated carbocycles. The predicted molar refractivity (Wildman–Crippen MR) is 93.8 cm³/mol. The summed E-state index contributed by atoms with van der Waals surface area (Å²) in [5, 5.41) is 15.6. The van der Waals surface area contributed by atoms with Gasteiger partial charge in [0.15, 0.2) is 6.10 Å². The van der Waals surface area contributed by atoms with Crippen LogP contribution in [0.3, 0.4) is 0 Å². The maximum atomic E-state index is 11.9. The first-order chi connectivity index (χ1) is 11.5. The van der Waals surface area contributed by atoms with Crippen LogP contribution in [0, 0.1) is 6.92 Å². The Kier molecular flexibility index (Phi) is 6.35. The topological polar surface area (TPSA) is 78.4 Å². The molecule has 1 atom stereocenters. The fourth-order valence-electron chi connectivity index (χ4n) is 2.12. The van der Waals surface area contributed by atoms with Gasteiger partial charge in [-0.2, -0.15) is 0 Å². The summed E-state index contributed by atoms with van der Waals surface area (Å²) in [4.78, 5) is 23.7. The Morgan fingerprint density at radius 2 is 1.88 bits per heavy atom. The second kappa shape index (κ2) is 8.47. The molecule has 0 aliphatic carbocycles. The monoisotopic (exact) mass is 346 g/mol. The predicted octanol–water partition coefficient (Wildman–Crippen LogP) is 2.83. The van der Waals surface area contributed by atoms with Gasteiger partial charge < -0.3 is 15.7 Å². The van der Waals surface area contributed by atoms with Crippen molar-refractivity contribution in [1.29, 1.82) is 0 Å². The molecule has 6 heteroatoms. The summed E-state index contributed by atoms with van der Waals surface area (Å²) in [7, 11) is 0. The Morgan fingerprint density at radius 1 is 1.17 bits per heavy atom. The zero-order valence-corrected chi connectivity index (χ0v) is 14.0. The highest BCUT2D eigenvalue weighted by molar-refractivity contribution is 6.33. The third-order valence-electron chi connectivity index (χ3n) is 3.41. The van der Waals surface area contributed by atoms with Gasteiger partial charge in [0.2, 0.25) is 5.91 Å². The number of rotatable bonds is 6. The highest BCUT2D eigenvalue weighted by atomic mass is 35.5. The van der Waals surface area contributed by atoms with Crippen LogP contribution in [0.15, 0.2) is 48.5 Å². The van der Waals surface area contributed by atoms with E-state index in [1.807, 2.05) is 13.0 Å². The van der Waals surface area contributed by atoms with E-state index in [2.05, 4.69) is 10.6 Å². The van der Waals surface area contributed by atoms with Crippen molar-refractivity contribution in [1.82, 2.24) is 5.32 Å². The van der Waals surface area contributed by atoms with Crippen LogP contribution in [0.1, 0.15) is 23.7 Å². The number of aryl methyl sites for hydroxylation is 1. The minimum atomic E-state index is -1.25. The van der Waals surface area contributed by atoms with Gasteiger partial charge in [-0.25, -0.2) is 0 Å². The number of carbonyl (C=O) groups is 2. The lowest BCUT2D eigenvalue weighted by Crippen LogP contribution is -2.32. The zero-order chi connectivity index (χ0) is 17.5. The summed E-state index contributed by atoms with van der Waals surface area (Å²) in [6, 6.07) is 13.9. The quantitative estimate of drug-likeness (QED) is 0.752. The van der Waals surface area contributed by atoms with Gasteiger partial charge in [-0.05, 0) is 30.2 Å². The minimum Gasteiger partial charge on any atom is -0.378 e. The van der Waals surface area contributed by atoms with Gasteiger partial charge in [-0.15, -0.1) is 0 Å². The van der Waals surface area contributed by atoms with E-state index in [4.69, 9.17) is 11.6 Å². The highest BCUT2D eigenvalue weighted by Gasteiger charge is 2.16. The molecular weight excluding hydrogens is 328 g/mol. The van der Waals surface area contributed by atoms with Crippen molar-refractivity contribution < 1.29 is 14.7 Å². The van der Waals surface area contributed by atoms with E-state index in [1.165, 1.54) is 0 Å². The number of anilines is 1. The van der Waals surface area contributed by atoms with E-state index in [1.54, 1.807) is 42.5 Å². The molecule has 0 heterocycles. The molecule has 2 rings (SSSR count). The van der Waals surface area contributed by atoms with Crippen LogP contribution >= 0.6 is 11.6 Å². The third-order valence-corrected chi connectivity index (χ3v) is 3.73. The number of aliphatic hydroxyl groups excluding tert-OH is 1. The average molecular weight is 347 g/mol. The number of nitrogens with one attached hydrogen (secondary N) is 2. The molecule has 126 valence electrons. The molecule has 0 aliphatic heterocycles. The van der Waals surface area contributed by atoms with Gasteiger partial charge in [0.05, 0.1) is 10.7 Å². The van der Waals surface area contributed by atoms with E-state index >= 15 is 0 Å². The summed E-state index contributed by atoms with van der Waals surface area (Å²) in [6.45, 7) is 2.03. The van der Waals surface area contributed by atoms with Crippen LogP contribution in [0.25, 0.3) is 0 Å². The Morgan fingerprint density at radius 3 is 2.54 bits per heavy atom. The molecule has 0 fully saturated rings. The van der Waals surface area contributed by atoms with Gasteiger partial charge in [0, 0.05) is 13.0 Å². The SMILES string of the molecule is Cc1ccc(NC(=O)CCNC(=O)C(O)c2ccccc2)c(Cl)c1. The molecule has 0 aliphatic rings. The van der Waals surface area contributed by atoms with E-state index in [0.717, 1.165) is 5.56 Å². The van der Waals surface area contributed by atoms with E-state index in [9.17, 15) is 14.7 Å². The molecule has 2 amide bonds. The number of halogens is 1. The Bertz CT molecular complexity index is 719. The van der Waals surface area contributed by atoms with Crippen molar-refractivity contribution in [3.63, 3.8) is 0 Å². The largest absolute Gasteiger partial charge is 0.378 e. The smallest absolute Gasteiger partial charge is 0.253 e. The average Bonchev–Trinajstić information content (AvgIpc) is 2.57. The fraction of sp³-hybridized carbons (Fsp3) is 0.222. The zero-order valence-electron chi connectivity index (χ0n) is 13.3. The summed E-state index contributed by atoms with van der Waals surface area (Å²) in [6.07, 6.45) is -1.17. The first-order valence-corrected chi connectivity index (χ1v) is 7.92. The second-order valence-corrected chi connectivity index (χ2v) is 5.79. The van der Waals surface area contributed by atoms with Crippen molar-refractivity contribution >= 4 is 29.1 Å². The molecular formula is C18H19ClN2O3. The summed E-state index contributed by atoms with van der Waals surface area (Å²) >= 11 is 6.05. The maximum Gasteiger partial charge on any atom is 0.253 e. The molecule has 3 N–H and O–H groups in total. The van der Waals surface area contributed by atoms with Crippen molar-refractivity contribution in [2.24, 2.45) is 0 Å². The van der Waals surface area contributed by atoms with Crippen molar-refractivity contribution in [2.75, 3.05) is 11.9 Å². The summed E-state index contributed by atoms with van der Waals surface area (Å²) in [5.41, 5.74) is 2.04. The minimum absolute atomic E-state index is 0.0808. The molecule has 5 nitrogen and oxygen atoms in total. The molecule has 0 spiro atoms. The lowest BCUT2D eigenvalue weighted by Gasteiger charge is -2.12. The molecule has 0 radical (unpaired) electrons. The third kappa shape index (κ3) is 5.08. The number of amides is 2.